The number of likely N-dealkylation sites (N-methyl/N-ethyl adjacent to an activating group) is 1. The molecule has 0 unspecified atom stereocenters. The van der Waals surface area contributed by atoms with Crippen LogP contribution in [0.2, 0.25) is 0 Å². The van der Waals surface area contributed by atoms with Gasteiger partial charge >= 0.3 is 0 Å². The summed E-state index contributed by atoms with van der Waals surface area (Å²) in [5, 5.41) is 21.1. The first-order chi connectivity index (χ1) is 12.8. The standard InChI is InChI=1S/C16H28N4O3S.CH2O2/c1-4-19-10-14(13(2)17-19)24(22,23)20-9-7-16(12-21)6-5-8-18(3)15(16)11-20;2-1-3/h10,15,21H,4-9,11-12H2,1-3H3;1H,(H,2,3)/t15-,16-;/m1./s1. The third-order valence-corrected chi connectivity index (χ3v) is 7.79. The molecule has 0 saturated carbocycles. The summed E-state index contributed by atoms with van der Waals surface area (Å²) in [6.45, 7) is 6.06. The summed E-state index contributed by atoms with van der Waals surface area (Å²) < 4.78 is 29.4. The fourth-order valence-electron chi connectivity index (χ4n) is 4.26. The minimum atomic E-state index is -3.55. The van der Waals surface area contributed by atoms with E-state index in [2.05, 4.69) is 10.00 Å². The minimum Gasteiger partial charge on any atom is -0.483 e. The number of aliphatic hydroxyl groups is 1. The molecule has 1 aromatic rings. The molecule has 10 heteroatoms. The average Bonchev–Trinajstić information content (AvgIpc) is 3.04. The van der Waals surface area contributed by atoms with Crippen molar-refractivity contribution in [1.29, 1.82) is 0 Å². The predicted molar refractivity (Wildman–Crippen MR) is 99.9 cm³/mol. The van der Waals surface area contributed by atoms with Crippen LogP contribution in [-0.4, -0.2) is 83.4 Å². The van der Waals surface area contributed by atoms with Crippen molar-refractivity contribution in [3.05, 3.63) is 11.9 Å². The quantitative estimate of drug-likeness (QED) is 0.700. The Balaban J connectivity index is 0.000000817. The average molecular weight is 403 g/mol. The number of sulfonamides is 1. The van der Waals surface area contributed by atoms with E-state index >= 15 is 0 Å². The largest absolute Gasteiger partial charge is 0.483 e. The highest BCUT2D eigenvalue weighted by Gasteiger charge is 2.48. The minimum absolute atomic E-state index is 0.0706. The molecule has 2 fully saturated rings. The van der Waals surface area contributed by atoms with Crippen molar-refractivity contribution in [2.24, 2.45) is 5.41 Å². The summed E-state index contributed by atoms with van der Waals surface area (Å²) in [5.41, 5.74) is 0.384. The molecular weight excluding hydrogens is 372 g/mol. The van der Waals surface area contributed by atoms with Crippen molar-refractivity contribution in [2.75, 3.05) is 33.3 Å². The third-order valence-electron chi connectivity index (χ3n) is 5.82. The number of rotatable bonds is 4. The van der Waals surface area contributed by atoms with Gasteiger partial charge < -0.3 is 15.1 Å². The monoisotopic (exact) mass is 402 g/mol. The maximum atomic E-state index is 13.1. The molecule has 2 atom stereocenters. The van der Waals surface area contributed by atoms with Gasteiger partial charge in [0.05, 0.1) is 12.3 Å². The van der Waals surface area contributed by atoms with E-state index in [-0.39, 0.29) is 24.5 Å². The highest BCUT2D eigenvalue weighted by atomic mass is 32.2. The number of aromatic nitrogens is 2. The van der Waals surface area contributed by atoms with E-state index in [9.17, 15) is 13.5 Å². The zero-order chi connectivity index (χ0) is 20.2. The van der Waals surface area contributed by atoms with E-state index in [1.54, 1.807) is 22.1 Å². The van der Waals surface area contributed by atoms with Crippen molar-refractivity contribution >= 4 is 16.5 Å². The molecule has 2 aliphatic rings. The van der Waals surface area contributed by atoms with Gasteiger partial charge in [-0.1, -0.05) is 0 Å². The van der Waals surface area contributed by atoms with Crippen LogP contribution < -0.4 is 0 Å². The first kappa shape index (κ1) is 21.8. The second-order valence-electron chi connectivity index (χ2n) is 7.27. The molecule has 2 aliphatic heterocycles. The van der Waals surface area contributed by atoms with Gasteiger partial charge in [0.1, 0.15) is 4.90 Å². The van der Waals surface area contributed by atoms with E-state index < -0.39 is 10.0 Å². The van der Waals surface area contributed by atoms with Crippen LogP contribution in [0.4, 0.5) is 0 Å². The molecule has 0 bridgehead atoms. The van der Waals surface area contributed by atoms with Crippen LogP contribution in [0.1, 0.15) is 31.9 Å². The molecule has 0 aliphatic carbocycles. The number of hydrogen-bond donors (Lipinski definition) is 2. The summed E-state index contributed by atoms with van der Waals surface area (Å²) in [5.74, 6) is 0. The van der Waals surface area contributed by atoms with Gasteiger partial charge in [-0.15, -0.1) is 0 Å². The topological polar surface area (TPSA) is 116 Å². The van der Waals surface area contributed by atoms with Crippen LogP contribution in [0.3, 0.4) is 0 Å². The Morgan fingerprint density at radius 2 is 2.04 bits per heavy atom. The number of aryl methyl sites for hydroxylation is 2. The van der Waals surface area contributed by atoms with Crippen LogP contribution in [0, 0.1) is 12.3 Å². The molecule has 9 nitrogen and oxygen atoms in total. The smallest absolute Gasteiger partial charge is 0.290 e. The maximum absolute atomic E-state index is 13.1. The second kappa shape index (κ2) is 8.68. The molecule has 1 aromatic heterocycles. The molecule has 2 saturated heterocycles. The van der Waals surface area contributed by atoms with Crippen LogP contribution in [-0.2, 0) is 21.4 Å². The Bertz CT molecular complexity index is 751. The lowest BCUT2D eigenvalue weighted by Crippen LogP contribution is -2.62. The van der Waals surface area contributed by atoms with E-state index in [1.165, 1.54) is 0 Å². The normalized spacial score (nSPS) is 26.7. The van der Waals surface area contributed by atoms with Gasteiger partial charge in [-0.2, -0.15) is 9.40 Å². The van der Waals surface area contributed by atoms with Crippen molar-refractivity contribution in [3.63, 3.8) is 0 Å². The second-order valence-corrected chi connectivity index (χ2v) is 9.18. The Morgan fingerprint density at radius 1 is 1.37 bits per heavy atom. The number of hydrogen-bond acceptors (Lipinski definition) is 6. The highest BCUT2D eigenvalue weighted by molar-refractivity contribution is 7.89. The lowest BCUT2D eigenvalue weighted by atomic mass is 9.69. The summed E-state index contributed by atoms with van der Waals surface area (Å²) in [6, 6.07) is 0.0706. The zero-order valence-electron chi connectivity index (χ0n) is 16.2. The van der Waals surface area contributed by atoms with Gasteiger partial charge in [-0.3, -0.25) is 9.48 Å². The van der Waals surface area contributed by atoms with Gasteiger partial charge in [-0.05, 0) is 46.7 Å². The van der Waals surface area contributed by atoms with Gasteiger partial charge in [0.25, 0.3) is 6.47 Å². The highest BCUT2D eigenvalue weighted by Crippen LogP contribution is 2.42. The van der Waals surface area contributed by atoms with Gasteiger partial charge in [0.2, 0.25) is 10.0 Å². The molecule has 0 radical (unpaired) electrons. The molecule has 3 heterocycles. The van der Waals surface area contributed by atoms with Crippen LogP contribution in [0.25, 0.3) is 0 Å². The van der Waals surface area contributed by atoms with Gasteiger partial charge in [0.15, 0.2) is 0 Å². The summed E-state index contributed by atoms with van der Waals surface area (Å²) in [7, 11) is -1.52. The lowest BCUT2D eigenvalue weighted by Gasteiger charge is -2.53. The predicted octanol–water partition coefficient (Wildman–Crippen LogP) is 0.380. The molecule has 0 spiro atoms. The number of piperidine rings is 2. The van der Waals surface area contributed by atoms with Crippen molar-refractivity contribution in [3.8, 4) is 0 Å². The number of carboxylic acid groups (broad SMARTS) is 1. The number of likely N-dealkylation sites (tertiary alicyclic amines) is 1. The fourth-order valence-corrected chi connectivity index (χ4v) is 5.88. The van der Waals surface area contributed by atoms with Crippen molar-refractivity contribution in [2.45, 2.75) is 50.6 Å². The summed E-state index contributed by atoms with van der Waals surface area (Å²) >= 11 is 0. The van der Waals surface area contributed by atoms with Crippen LogP contribution in [0.5, 0.6) is 0 Å². The number of aliphatic hydroxyl groups excluding tert-OH is 1. The molecule has 0 amide bonds. The SMILES string of the molecule is CCn1cc(S(=O)(=O)N2CC[C@@]3(CO)CCCN(C)[C@@H]3C2)c(C)n1.O=CO. The number of fused-ring (bicyclic) bond motifs is 1. The first-order valence-corrected chi connectivity index (χ1v) is 10.6. The first-order valence-electron chi connectivity index (χ1n) is 9.19. The Hall–Kier alpha value is -1.49. The Morgan fingerprint density at radius 3 is 2.59 bits per heavy atom. The lowest BCUT2D eigenvalue weighted by molar-refractivity contribution is -0.122. The van der Waals surface area contributed by atoms with Crippen molar-refractivity contribution < 1.29 is 23.4 Å². The van der Waals surface area contributed by atoms with Gasteiger partial charge in [0, 0.05) is 37.3 Å². The van der Waals surface area contributed by atoms with E-state index in [0.717, 1.165) is 19.4 Å². The van der Waals surface area contributed by atoms with E-state index in [0.29, 0.717) is 36.6 Å². The Kier molecular flexibility index (Phi) is 7.01. The van der Waals surface area contributed by atoms with Crippen LogP contribution >= 0.6 is 0 Å². The molecule has 2 N–H and O–H groups in total. The summed E-state index contributed by atoms with van der Waals surface area (Å²) in [4.78, 5) is 10.9. The molecule has 27 heavy (non-hydrogen) atoms. The van der Waals surface area contributed by atoms with E-state index in [4.69, 9.17) is 9.90 Å². The molecular formula is C17H30N4O5S. The zero-order valence-corrected chi connectivity index (χ0v) is 17.0. The fraction of sp³-hybridized carbons (Fsp3) is 0.765. The van der Waals surface area contributed by atoms with Crippen LogP contribution in [0.15, 0.2) is 11.1 Å². The molecule has 154 valence electrons. The van der Waals surface area contributed by atoms with Crippen molar-refractivity contribution in [1.82, 2.24) is 19.0 Å². The number of nitrogens with zero attached hydrogens (tertiary/aromatic N) is 4. The maximum Gasteiger partial charge on any atom is 0.290 e. The molecule has 0 aromatic carbocycles. The Labute approximate surface area is 160 Å². The van der Waals surface area contributed by atoms with Gasteiger partial charge in [-0.25, -0.2) is 8.42 Å². The number of carbonyl (C=O) groups is 1. The molecule has 3 rings (SSSR count). The summed E-state index contributed by atoms with van der Waals surface area (Å²) in [6.07, 6.45) is 4.36. The third kappa shape index (κ3) is 4.18. The van der Waals surface area contributed by atoms with E-state index in [1.807, 2.05) is 14.0 Å².